The third-order valence-corrected chi connectivity index (χ3v) is 5.40. The van der Waals surface area contributed by atoms with Crippen LogP contribution in [0.25, 0.3) is 10.9 Å². The number of para-hydroxylation sites is 1. The molecule has 3 aromatic rings. The zero-order chi connectivity index (χ0) is 20.2. The van der Waals surface area contributed by atoms with E-state index in [0.717, 1.165) is 42.7 Å². The SMILES string of the molecule is CON(C)C(=O)c1ccc2ncnc(NC3CCN(c4ccccc4)CC3)c2c1. The van der Waals surface area contributed by atoms with E-state index in [9.17, 15) is 4.79 Å². The third kappa shape index (κ3) is 4.14. The zero-order valence-electron chi connectivity index (χ0n) is 16.7. The molecule has 0 aliphatic carbocycles. The van der Waals surface area contributed by atoms with Crippen molar-refractivity contribution >= 4 is 28.3 Å². The first kappa shape index (κ1) is 19.1. The van der Waals surface area contributed by atoms with E-state index in [0.29, 0.717) is 11.6 Å². The minimum atomic E-state index is -0.208. The molecule has 0 saturated carbocycles. The first-order valence-electron chi connectivity index (χ1n) is 9.79. The Morgan fingerprint density at radius 2 is 1.90 bits per heavy atom. The smallest absolute Gasteiger partial charge is 0.277 e. The van der Waals surface area contributed by atoms with E-state index < -0.39 is 0 Å². The maximum atomic E-state index is 12.4. The van der Waals surface area contributed by atoms with Crippen LogP contribution in [0.1, 0.15) is 23.2 Å². The lowest BCUT2D eigenvalue weighted by Crippen LogP contribution is -2.39. The maximum absolute atomic E-state index is 12.4. The topological polar surface area (TPSA) is 70.6 Å². The van der Waals surface area contributed by atoms with Crippen LogP contribution in [0.5, 0.6) is 0 Å². The second-order valence-corrected chi connectivity index (χ2v) is 7.18. The molecule has 29 heavy (non-hydrogen) atoms. The summed E-state index contributed by atoms with van der Waals surface area (Å²) >= 11 is 0. The molecule has 2 aromatic carbocycles. The molecule has 150 valence electrons. The number of aromatic nitrogens is 2. The Kier molecular flexibility index (Phi) is 5.57. The molecule has 1 aliphatic rings. The average Bonchev–Trinajstić information content (AvgIpc) is 2.79. The van der Waals surface area contributed by atoms with Gasteiger partial charge >= 0.3 is 0 Å². The van der Waals surface area contributed by atoms with Gasteiger partial charge < -0.3 is 10.2 Å². The Labute approximate surface area is 170 Å². The molecule has 4 rings (SSSR count). The molecule has 7 heteroatoms. The van der Waals surface area contributed by atoms with Gasteiger partial charge in [0.05, 0.1) is 12.6 Å². The summed E-state index contributed by atoms with van der Waals surface area (Å²) in [7, 11) is 3.06. The number of piperidine rings is 1. The molecule has 0 radical (unpaired) electrons. The molecule has 0 atom stereocenters. The van der Waals surface area contributed by atoms with Gasteiger partial charge in [0.1, 0.15) is 12.1 Å². The lowest BCUT2D eigenvalue weighted by molar-refractivity contribution is -0.0756. The monoisotopic (exact) mass is 391 g/mol. The van der Waals surface area contributed by atoms with Crippen LogP contribution in [0, 0.1) is 0 Å². The lowest BCUT2D eigenvalue weighted by Gasteiger charge is -2.34. The highest BCUT2D eigenvalue weighted by Gasteiger charge is 2.21. The average molecular weight is 391 g/mol. The number of hydrogen-bond donors (Lipinski definition) is 1. The third-order valence-electron chi connectivity index (χ3n) is 5.40. The summed E-state index contributed by atoms with van der Waals surface area (Å²) in [5, 5.41) is 5.62. The number of hydrogen-bond acceptors (Lipinski definition) is 6. The highest BCUT2D eigenvalue weighted by molar-refractivity contribution is 5.99. The first-order valence-corrected chi connectivity index (χ1v) is 9.79. The van der Waals surface area contributed by atoms with Gasteiger partial charge in [0.25, 0.3) is 5.91 Å². The van der Waals surface area contributed by atoms with E-state index in [-0.39, 0.29) is 5.91 Å². The van der Waals surface area contributed by atoms with Crippen LogP contribution < -0.4 is 10.2 Å². The Morgan fingerprint density at radius 1 is 1.14 bits per heavy atom. The maximum Gasteiger partial charge on any atom is 0.277 e. The van der Waals surface area contributed by atoms with Crippen molar-refractivity contribution in [3.63, 3.8) is 0 Å². The van der Waals surface area contributed by atoms with Gasteiger partial charge in [-0.15, -0.1) is 0 Å². The minimum Gasteiger partial charge on any atom is -0.371 e. The summed E-state index contributed by atoms with van der Waals surface area (Å²) in [6.45, 7) is 1.99. The number of benzene rings is 2. The van der Waals surface area contributed by atoms with Crippen molar-refractivity contribution < 1.29 is 9.63 Å². The van der Waals surface area contributed by atoms with Crippen LogP contribution >= 0.6 is 0 Å². The summed E-state index contributed by atoms with van der Waals surface area (Å²) in [5.41, 5.74) is 2.61. The van der Waals surface area contributed by atoms with Gasteiger partial charge in [-0.2, -0.15) is 0 Å². The van der Waals surface area contributed by atoms with Crippen molar-refractivity contribution in [3.8, 4) is 0 Å². The van der Waals surface area contributed by atoms with E-state index in [1.54, 1.807) is 19.4 Å². The van der Waals surface area contributed by atoms with Gasteiger partial charge in [-0.3, -0.25) is 9.63 Å². The molecule has 0 unspecified atom stereocenters. The number of rotatable bonds is 5. The van der Waals surface area contributed by atoms with Crippen LogP contribution in [0.4, 0.5) is 11.5 Å². The van der Waals surface area contributed by atoms with Gasteiger partial charge in [0.2, 0.25) is 0 Å². The fraction of sp³-hybridized carbons (Fsp3) is 0.318. The van der Waals surface area contributed by atoms with Crippen LogP contribution in [0.2, 0.25) is 0 Å². The van der Waals surface area contributed by atoms with Crippen molar-refractivity contribution in [3.05, 3.63) is 60.4 Å². The second-order valence-electron chi connectivity index (χ2n) is 7.18. The number of fused-ring (bicyclic) bond motifs is 1. The Hall–Kier alpha value is -3.19. The number of carbonyl (C=O) groups is 1. The summed E-state index contributed by atoms with van der Waals surface area (Å²) in [4.78, 5) is 28.6. The zero-order valence-corrected chi connectivity index (χ0v) is 16.7. The number of amides is 1. The van der Waals surface area contributed by atoms with Crippen LogP contribution in [0.15, 0.2) is 54.9 Å². The molecule has 1 aromatic heterocycles. The molecule has 7 nitrogen and oxygen atoms in total. The molecule has 1 saturated heterocycles. The van der Waals surface area contributed by atoms with Crippen molar-refractivity contribution in [2.75, 3.05) is 37.5 Å². The lowest BCUT2D eigenvalue weighted by atomic mass is 10.0. The number of nitrogens with one attached hydrogen (secondary N) is 1. The molecular weight excluding hydrogens is 366 g/mol. The molecule has 1 amide bonds. The molecular formula is C22H25N5O2. The van der Waals surface area contributed by atoms with E-state index >= 15 is 0 Å². The van der Waals surface area contributed by atoms with Crippen molar-refractivity contribution in [1.82, 2.24) is 15.0 Å². The molecule has 1 aliphatic heterocycles. The Morgan fingerprint density at radius 3 is 2.62 bits per heavy atom. The molecule has 1 N–H and O–H groups in total. The normalized spacial score (nSPS) is 14.8. The van der Waals surface area contributed by atoms with E-state index in [4.69, 9.17) is 4.84 Å². The molecule has 0 bridgehead atoms. The first-order chi connectivity index (χ1) is 14.2. The summed E-state index contributed by atoms with van der Waals surface area (Å²) in [6, 6.07) is 16.3. The standard InChI is InChI=1S/C22H25N5O2/c1-26(29-2)22(28)16-8-9-20-19(14-16)21(24-15-23-20)25-17-10-12-27(13-11-17)18-6-4-3-5-7-18/h3-9,14-15,17H,10-13H2,1-2H3,(H,23,24,25). The van der Waals surface area contributed by atoms with E-state index in [2.05, 4.69) is 44.5 Å². The predicted octanol–water partition coefficient (Wildman–Crippen LogP) is 3.34. The number of nitrogens with zero attached hydrogens (tertiary/aromatic N) is 4. The fourth-order valence-electron chi connectivity index (χ4n) is 3.68. The summed E-state index contributed by atoms with van der Waals surface area (Å²) in [5.74, 6) is 0.559. The Bertz CT molecular complexity index is 987. The number of hydroxylamine groups is 2. The molecule has 0 spiro atoms. The van der Waals surface area contributed by atoms with Crippen LogP contribution in [-0.2, 0) is 4.84 Å². The molecule has 2 heterocycles. The van der Waals surface area contributed by atoms with Gasteiger partial charge in [0, 0.05) is 42.8 Å². The highest BCUT2D eigenvalue weighted by Crippen LogP contribution is 2.25. The second kappa shape index (κ2) is 8.45. The number of anilines is 2. The summed E-state index contributed by atoms with van der Waals surface area (Å²) < 4.78 is 0. The van der Waals surface area contributed by atoms with Crippen molar-refractivity contribution in [1.29, 1.82) is 0 Å². The van der Waals surface area contributed by atoms with Gasteiger partial charge in [-0.05, 0) is 43.2 Å². The predicted molar refractivity (Wildman–Crippen MR) is 114 cm³/mol. The fourth-order valence-corrected chi connectivity index (χ4v) is 3.68. The quantitative estimate of drug-likeness (QED) is 0.673. The van der Waals surface area contributed by atoms with Gasteiger partial charge in [-0.1, -0.05) is 18.2 Å². The van der Waals surface area contributed by atoms with Crippen LogP contribution in [-0.4, -0.2) is 54.2 Å². The van der Waals surface area contributed by atoms with E-state index in [1.807, 2.05) is 18.2 Å². The van der Waals surface area contributed by atoms with E-state index in [1.165, 1.54) is 17.9 Å². The van der Waals surface area contributed by atoms with Gasteiger partial charge in [0.15, 0.2) is 0 Å². The largest absolute Gasteiger partial charge is 0.371 e. The minimum absolute atomic E-state index is 0.208. The highest BCUT2D eigenvalue weighted by atomic mass is 16.7. The Balaban J connectivity index is 1.50. The van der Waals surface area contributed by atoms with Crippen molar-refractivity contribution in [2.24, 2.45) is 0 Å². The number of carbonyl (C=O) groups excluding carboxylic acids is 1. The molecule has 1 fully saturated rings. The summed E-state index contributed by atoms with van der Waals surface area (Å²) in [6.07, 6.45) is 3.60. The van der Waals surface area contributed by atoms with Gasteiger partial charge in [-0.25, -0.2) is 15.0 Å². The van der Waals surface area contributed by atoms with Crippen molar-refractivity contribution in [2.45, 2.75) is 18.9 Å². The van der Waals surface area contributed by atoms with Crippen LogP contribution in [0.3, 0.4) is 0 Å².